The number of sulfonamides is 1. The highest BCUT2D eigenvalue weighted by molar-refractivity contribution is 7.89. The summed E-state index contributed by atoms with van der Waals surface area (Å²) in [4.78, 5) is 4.06. The fourth-order valence-corrected chi connectivity index (χ4v) is 3.65. The van der Waals surface area contributed by atoms with Crippen LogP contribution in [0.4, 0.5) is 0 Å². The number of nitrogens with zero attached hydrogens (tertiary/aromatic N) is 1. The minimum atomic E-state index is -3.66. The Balaban J connectivity index is 2.28. The zero-order valence-electron chi connectivity index (χ0n) is 11.2. The van der Waals surface area contributed by atoms with Crippen molar-refractivity contribution < 1.29 is 8.42 Å². The van der Waals surface area contributed by atoms with Gasteiger partial charge in [-0.2, -0.15) is 0 Å². The first kappa shape index (κ1) is 15.0. The second kappa shape index (κ2) is 5.91. The Morgan fingerprint density at radius 2 is 2.05 bits per heavy atom. The third-order valence-electron chi connectivity index (χ3n) is 2.89. The van der Waals surface area contributed by atoms with E-state index in [1.807, 2.05) is 13.0 Å². The lowest BCUT2D eigenvalue weighted by Crippen LogP contribution is -2.27. The summed E-state index contributed by atoms with van der Waals surface area (Å²) >= 11 is 6.01. The van der Waals surface area contributed by atoms with Crippen LogP contribution in [0.2, 0.25) is 5.02 Å². The molecule has 2 aromatic rings. The van der Waals surface area contributed by atoms with E-state index in [-0.39, 0.29) is 16.0 Å². The van der Waals surface area contributed by atoms with Crippen molar-refractivity contribution in [2.45, 2.75) is 24.8 Å². The van der Waals surface area contributed by atoms with Crippen LogP contribution in [0.25, 0.3) is 0 Å². The lowest BCUT2D eigenvalue weighted by molar-refractivity contribution is 0.566. The van der Waals surface area contributed by atoms with Gasteiger partial charge in [-0.3, -0.25) is 4.98 Å². The van der Waals surface area contributed by atoms with E-state index in [0.717, 1.165) is 11.1 Å². The maximum absolute atomic E-state index is 12.3. The van der Waals surface area contributed by atoms with Crippen LogP contribution in [-0.4, -0.2) is 13.4 Å². The first-order valence-electron chi connectivity index (χ1n) is 6.08. The summed E-state index contributed by atoms with van der Waals surface area (Å²) in [5, 5.41) is 0.218. The molecule has 6 heteroatoms. The molecule has 1 atom stereocenters. The van der Waals surface area contributed by atoms with Gasteiger partial charge < -0.3 is 0 Å². The number of hydrogen-bond donors (Lipinski definition) is 1. The Morgan fingerprint density at radius 1 is 1.30 bits per heavy atom. The fraction of sp³-hybridized carbons (Fsp3) is 0.214. The van der Waals surface area contributed by atoms with Crippen LogP contribution in [0.15, 0.2) is 47.6 Å². The molecule has 2 rings (SSSR count). The summed E-state index contributed by atoms with van der Waals surface area (Å²) in [5.74, 6) is 0. The SMILES string of the molecule is Cc1ccc(S(=O)(=O)NC(C)c2cccnc2)c(Cl)c1. The summed E-state index contributed by atoms with van der Waals surface area (Å²) in [5.41, 5.74) is 1.70. The van der Waals surface area contributed by atoms with E-state index in [2.05, 4.69) is 9.71 Å². The number of halogens is 1. The van der Waals surface area contributed by atoms with E-state index in [1.54, 1.807) is 37.5 Å². The predicted octanol–water partition coefficient (Wildman–Crippen LogP) is 3.08. The maximum atomic E-state index is 12.3. The normalized spacial score (nSPS) is 13.2. The van der Waals surface area contributed by atoms with Gasteiger partial charge in [-0.1, -0.05) is 23.7 Å². The largest absolute Gasteiger partial charge is 0.264 e. The molecule has 20 heavy (non-hydrogen) atoms. The molecule has 0 saturated heterocycles. The van der Waals surface area contributed by atoms with E-state index in [1.165, 1.54) is 6.07 Å². The average molecular weight is 311 g/mol. The maximum Gasteiger partial charge on any atom is 0.242 e. The van der Waals surface area contributed by atoms with E-state index in [4.69, 9.17) is 11.6 Å². The summed E-state index contributed by atoms with van der Waals surface area (Å²) in [6.45, 7) is 3.62. The zero-order valence-corrected chi connectivity index (χ0v) is 12.7. The highest BCUT2D eigenvalue weighted by atomic mass is 35.5. The van der Waals surface area contributed by atoms with Crippen molar-refractivity contribution in [3.05, 3.63) is 58.9 Å². The summed E-state index contributed by atoms with van der Waals surface area (Å²) in [6, 6.07) is 8.05. The van der Waals surface area contributed by atoms with E-state index < -0.39 is 10.0 Å². The summed E-state index contributed by atoms with van der Waals surface area (Å²) < 4.78 is 27.3. The first-order chi connectivity index (χ1) is 9.40. The lowest BCUT2D eigenvalue weighted by Gasteiger charge is -2.15. The number of hydrogen-bond acceptors (Lipinski definition) is 3. The molecule has 1 heterocycles. The van der Waals surface area contributed by atoms with E-state index >= 15 is 0 Å². The molecule has 0 aliphatic carbocycles. The smallest absolute Gasteiger partial charge is 0.242 e. The van der Waals surface area contributed by atoms with Gasteiger partial charge in [0.2, 0.25) is 10.0 Å². The van der Waals surface area contributed by atoms with Gasteiger partial charge in [0.1, 0.15) is 4.90 Å². The molecule has 0 bridgehead atoms. The summed E-state index contributed by atoms with van der Waals surface area (Å²) in [6.07, 6.45) is 3.27. The number of aryl methyl sites for hydroxylation is 1. The topological polar surface area (TPSA) is 59.1 Å². The van der Waals surface area contributed by atoms with Gasteiger partial charge in [0.15, 0.2) is 0 Å². The Kier molecular flexibility index (Phi) is 4.42. The number of nitrogens with one attached hydrogen (secondary N) is 1. The second-order valence-electron chi connectivity index (χ2n) is 4.56. The molecular formula is C14H15ClN2O2S. The van der Waals surface area contributed by atoms with Crippen LogP contribution in [0.3, 0.4) is 0 Å². The number of rotatable bonds is 4. The Morgan fingerprint density at radius 3 is 2.65 bits per heavy atom. The molecule has 4 nitrogen and oxygen atoms in total. The molecular weight excluding hydrogens is 296 g/mol. The molecule has 1 unspecified atom stereocenters. The van der Waals surface area contributed by atoms with Gasteiger partial charge >= 0.3 is 0 Å². The first-order valence-corrected chi connectivity index (χ1v) is 7.94. The fourth-order valence-electron chi connectivity index (χ4n) is 1.82. The van der Waals surface area contributed by atoms with Gasteiger partial charge in [-0.25, -0.2) is 13.1 Å². The highest BCUT2D eigenvalue weighted by Gasteiger charge is 2.21. The molecule has 0 saturated carbocycles. The van der Waals surface area contributed by atoms with Gasteiger partial charge in [-0.15, -0.1) is 0 Å². The van der Waals surface area contributed by atoms with E-state index in [9.17, 15) is 8.42 Å². The van der Waals surface area contributed by atoms with Gasteiger partial charge in [-0.05, 0) is 43.2 Å². The van der Waals surface area contributed by atoms with Gasteiger partial charge in [0, 0.05) is 18.4 Å². The monoisotopic (exact) mass is 310 g/mol. The lowest BCUT2D eigenvalue weighted by atomic mass is 10.2. The molecule has 1 N–H and O–H groups in total. The van der Waals surface area contributed by atoms with Crippen LogP contribution in [0.5, 0.6) is 0 Å². The number of aromatic nitrogens is 1. The van der Waals surface area contributed by atoms with Crippen LogP contribution >= 0.6 is 11.6 Å². The van der Waals surface area contributed by atoms with Crippen LogP contribution in [0, 0.1) is 6.92 Å². The molecule has 106 valence electrons. The van der Waals surface area contributed by atoms with Crippen LogP contribution < -0.4 is 4.72 Å². The third-order valence-corrected chi connectivity index (χ3v) is 4.92. The third kappa shape index (κ3) is 3.36. The number of pyridine rings is 1. The second-order valence-corrected chi connectivity index (χ2v) is 6.65. The molecule has 0 radical (unpaired) electrons. The highest BCUT2D eigenvalue weighted by Crippen LogP contribution is 2.24. The van der Waals surface area contributed by atoms with Crippen molar-refractivity contribution in [1.82, 2.24) is 9.71 Å². The molecule has 0 fully saturated rings. The molecule has 0 amide bonds. The Hall–Kier alpha value is -1.43. The van der Waals surface area contributed by atoms with Crippen LogP contribution in [0.1, 0.15) is 24.1 Å². The van der Waals surface area contributed by atoms with Crippen molar-refractivity contribution >= 4 is 21.6 Å². The standard InChI is InChI=1S/C14H15ClN2O2S/c1-10-5-6-14(13(15)8-10)20(18,19)17-11(2)12-4-3-7-16-9-12/h3-9,11,17H,1-2H3. The molecule has 1 aromatic carbocycles. The van der Waals surface area contributed by atoms with Crippen molar-refractivity contribution in [3.8, 4) is 0 Å². The Bertz CT molecular complexity index is 702. The van der Waals surface area contributed by atoms with Crippen LogP contribution in [-0.2, 0) is 10.0 Å². The van der Waals surface area contributed by atoms with Crippen molar-refractivity contribution in [2.75, 3.05) is 0 Å². The average Bonchev–Trinajstić information content (AvgIpc) is 2.38. The Labute approximate surface area is 123 Å². The molecule has 0 spiro atoms. The van der Waals surface area contributed by atoms with Crippen molar-refractivity contribution in [3.63, 3.8) is 0 Å². The molecule has 0 aliphatic rings. The van der Waals surface area contributed by atoms with Gasteiger partial charge in [0.05, 0.1) is 5.02 Å². The molecule has 1 aromatic heterocycles. The molecule has 0 aliphatic heterocycles. The zero-order chi connectivity index (χ0) is 14.8. The summed E-state index contributed by atoms with van der Waals surface area (Å²) in [7, 11) is -3.66. The quantitative estimate of drug-likeness (QED) is 0.944. The minimum Gasteiger partial charge on any atom is -0.264 e. The van der Waals surface area contributed by atoms with Crippen molar-refractivity contribution in [1.29, 1.82) is 0 Å². The predicted molar refractivity (Wildman–Crippen MR) is 79.2 cm³/mol. The van der Waals surface area contributed by atoms with Crippen molar-refractivity contribution in [2.24, 2.45) is 0 Å². The minimum absolute atomic E-state index is 0.0838. The van der Waals surface area contributed by atoms with Gasteiger partial charge in [0.25, 0.3) is 0 Å². The van der Waals surface area contributed by atoms with E-state index in [0.29, 0.717) is 0 Å². The number of benzene rings is 1.